The molecule has 0 aromatic carbocycles. The minimum atomic E-state index is -3.45. The molecule has 9 heteroatoms. The number of piperazine rings is 1. The van der Waals surface area contributed by atoms with Gasteiger partial charge in [0.25, 0.3) is 0 Å². The Morgan fingerprint density at radius 3 is 2.58 bits per heavy atom. The first-order valence-corrected chi connectivity index (χ1v) is 7.77. The van der Waals surface area contributed by atoms with Gasteiger partial charge in [0.1, 0.15) is 4.90 Å². The van der Waals surface area contributed by atoms with E-state index in [2.05, 4.69) is 15.1 Å². The summed E-state index contributed by atoms with van der Waals surface area (Å²) in [6, 6.07) is 0. The third-order valence-corrected chi connectivity index (χ3v) is 5.25. The van der Waals surface area contributed by atoms with E-state index in [1.54, 1.807) is 6.92 Å². The number of aromatic nitrogens is 2. The van der Waals surface area contributed by atoms with E-state index >= 15 is 0 Å². The smallest absolute Gasteiger partial charge is 0.246 e. The molecule has 0 saturated carbocycles. The Bertz CT molecular complexity index is 560. The molecule has 1 saturated heterocycles. The Morgan fingerprint density at radius 1 is 1.47 bits per heavy atom. The number of aromatic amines is 1. The molecule has 0 amide bonds. The average Bonchev–Trinajstić information content (AvgIpc) is 2.76. The number of hydrogen-bond acceptors (Lipinski definition) is 5. The second kappa shape index (κ2) is 5.53. The highest BCUT2D eigenvalue weighted by atomic mass is 32.2. The first-order chi connectivity index (χ1) is 8.91. The van der Waals surface area contributed by atoms with Crippen LogP contribution in [0.5, 0.6) is 0 Å². The van der Waals surface area contributed by atoms with Crippen molar-refractivity contribution in [3.63, 3.8) is 0 Å². The summed E-state index contributed by atoms with van der Waals surface area (Å²) in [6.07, 6.45) is 1.35. The summed E-state index contributed by atoms with van der Waals surface area (Å²) < 4.78 is 26.3. The van der Waals surface area contributed by atoms with Crippen molar-refractivity contribution in [2.45, 2.75) is 11.8 Å². The van der Waals surface area contributed by atoms with Gasteiger partial charge >= 0.3 is 0 Å². The zero-order chi connectivity index (χ0) is 14.0. The first kappa shape index (κ1) is 14.4. The van der Waals surface area contributed by atoms with Gasteiger partial charge in [-0.05, 0) is 6.92 Å². The van der Waals surface area contributed by atoms with Crippen LogP contribution in [0.15, 0.2) is 11.1 Å². The third kappa shape index (κ3) is 3.11. The Morgan fingerprint density at radius 2 is 2.11 bits per heavy atom. The van der Waals surface area contributed by atoms with Crippen molar-refractivity contribution in [3.8, 4) is 0 Å². The van der Waals surface area contributed by atoms with E-state index in [1.165, 1.54) is 10.5 Å². The minimum Gasteiger partial charge on any atom is -0.392 e. The van der Waals surface area contributed by atoms with Crippen molar-refractivity contribution in [2.75, 3.05) is 32.7 Å². The van der Waals surface area contributed by atoms with Crippen LogP contribution in [0.25, 0.3) is 0 Å². The van der Waals surface area contributed by atoms with Crippen molar-refractivity contribution < 1.29 is 8.42 Å². The van der Waals surface area contributed by atoms with E-state index < -0.39 is 10.0 Å². The molecule has 1 aliphatic rings. The molecular weight excluding hydrogens is 286 g/mol. The molecule has 0 unspecified atom stereocenters. The van der Waals surface area contributed by atoms with Crippen LogP contribution in [0.1, 0.15) is 5.69 Å². The molecule has 2 rings (SSSR count). The summed E-state index contributed by atoms with van der Waals surface area (Å²) in [7, 11) is -3.45. The van der Waals surface area contributed by atoms with E-state index in [4.69, 9.17) is 18.0 Å². The standard InChI is InChI=1S/C10H17N5O2S2/c1-8-9(6-12-13-8)19(16,17)15-4-2-14(3-5-15)7-10(11)18/h6H,2-5,7H2,1H3,(H2,11,18)(H,12,13). The van der Waals surface area contributed by atoms with Crippen molar-refractivity contribution in [2.24, 2.45) is 5.73 Å². The van der Waals surface area contributed by atoms with Crippen molar-refractivity contribution in [1.29, 1.82) is 0 Å². The highest BCUT2D eigenvalue weighted by Gasteiger charge is 2.30. The molecule has 2 heterocycles. The lowest BCUT2D eigenvalue weighted by Gasteiger charge is -2.33. The van der Waals surface area contributed by atoms with Crippen LogP contribution >= 0.6 is 12.2 Å². The van der Waals surface area contributed by atoms with Gasteiger partial charge in [0, 0.05) is 32.7 Å². The van der Waals surface area contributed by atoms with Crippen molar-refractivity contribution in [3.05, 3.63) is 11.9 Å². The largest absolute Gasteiger partial charge is 0.392 e. The van der Waals surface area contributed by atoms with Crippen LogP contribution in [0.4, 0.5) is 0 Å². The van der Waals surface area contributed by atoms with Gasteiger partial charge in [-0.3, -0.25) is 10.00 Å². The Kier molecular flexibility index (Phi) is 4.19. The number of aryl methyl sites for hydroxylation is 1. The predicted octanol–water partition coefficient (Wildman–Crippen LogP) is -0.689. The first-order valence-electron chi connectivity index (χ1n) is 5.92. The van der Waals surface area contributed by atoms with Crippen LogP contribution in [-0.4, -0.2) is 65.5 Å². The van der Waals surface area contributed by atoms with Gasteiger partial charge < -0.3 is 5.73 Å². The number of rotatable bonds is 4. The molecule has 7 nitrogen and oxygen atoms in total. The molecule has 0 spiro atoms. The summed E-state index contributed by atoms with van der Waals surface area (Å²) >= 11 is 4.85. The molecule has 1 aliphatic heterocycles. The van der Waals surface area contributed by atoms with Crippen LogP contribution in [-0.2, 0) is 10.0 Å². The summed E-state index contributed by atoms with van der Waals surface area (Å²) in [5.74, 6) is 0. The molecule has 0 bridgehead atoms. The van der Waals surface area contributed by atoms with Crippen molar-refractivity contribution >= 4 is 27.2 Å². The van der Waals surface area contributed by atoms with Gasteiger partial charge in [0.2, 0.25) is 10.0 Å². The van der Waals surface area contributed by atoms with E-state index in [1.807, 2.05) is 0 Å². The minimum absolute atomic E-state index is 0.246. The van der Waals surface area contributed by atoms with Crippen LogP contribution < -0.4 is 5.73 Å². The fourth-order valence-corrected chi connectivity index (χ4v) is 3.81. The highest BCUT2D eigenvalue weighted by molar-refractivity contribution is 7.89. The van der Waals surface area contributed by atoms with Crippen LogP contribution in [0, 0.1) is 6.92 Å². The maximum Gasteiger partial charge on any atom is 0.246 e. The summed E-state index contributed by atoms with van der Waals surface area (Å²) in [5, 5.41) is 6.41. The van der Waals surface area contributed by atoms with Crippen molar-refractivity contribution in [1.82, 2.24) is 19.4 Å². The molecule has 3 N–H and O–H groups in total. The fraction of sp³-hybridized carbons (Fsp3) is 0.600. The van der Waals surface area contributed by atoms with E-state index in [-0.39, 0.29) is 4.90 Å². The van der Waals surface area contributed by atoms with Crippen LogP contribution in [0.3, 0.4) is 0 Å². The van der Waals surface area contributed by atoms with Gasteiger partial charge in [-0.1, -0.05) is 12.2 Å². The van der Waals surface area contributed by atoms with Gasteiger partial charge in [0.05, 0.1) is 16.9 Å². The molecular formula is C10H17N5O2S2. The summed E-state index contributed by atoms with van der Waals surface area (Å²) in [5.41, 5.74) is 6.05. The topological polar surface area (TPSA) is 95.3 Å². The Hall–Kier alpha value is -1.03. The van der Waals surface area contributed by atoms with Gasteiger partial charge in [-0.25, -0.2) is 8.42 Å². The summed E-state index contributed by atoms with van der Waals surface area (Å²) in [4.78, 5) is 2.73. The lowest BCUT2D eigenvalue weighted by Crippen LogP contribution is -2.50. The number of nitrogens with two attached hydrogens (primary N) is 1. The van der Waals surface area contributed by atoms with Gasteiger partial charge in [-0.2, -0.15) is 9.40 Å². The number of H-pyrrole nitrogens is 1. The zero-order valence-corrected chi connectivity index (χ0v) is 12.3. The number of nitrogens with zero attached hydrogens (tertiary/aromatic N) is 3. The van der Waals surface area contributed by atoms with E-state index in [0.29, 0.717) is 43.4 Å². The monoisotopic (exact) mass is 303 g/mol. The third-order valence-electron chi connectivity index (χ3n) is 3.11. The Balaban J connectivity index is 2.05. The maximum atomic E-state index is 12.4. The molecule has 0 radical (unpaired) electrons. The fourth-order valence-electron chi connectivity index (χ4n) is 2.09. The normalized spacial score (nSPS) is 18.6. The lowest BCUT2D eigenvalue weighted by atomic mass is 10.3. The zero-order valence-electron chi connectivity index (χ0n) is 10.7. The number of thiocarbonyl (C=S) groups is 1. The number of hydrogen-bond donors (Lipinski definition) is 2. The quantitative estimate of drug-likeness (QED) is 0.715. The number of sulfonamides is 1. The molecule has 0 aliphatic carbocycles. The van der Waals surface area contributed by atoms with E-state index in [9.17, 15) is 8.42 Å². The second-order valence-corrected chi connectivity index (χ2v) is 6.94. The molecule has 1 aromatic heterocycles. The summed E-state index contributed by atoms with van der Waals surface area (Å²) in [6.45, 7) is 4.38. The molecule has 0 atom stereocenters. The molecule has 1 aromatic rings. The second-order valence-electron chi connectivity index (χ2n) is 4.51. The van der Waals surface area contributed by atoms with Crippen LogP contribution in [0.2, 0.25) is 0 Å². The predicted molar refractivity (Wildman–Crippen MR) is 75.3 cm³/mol. The highest BCUT2D eigenvalue weighted by Crippen LogP contribution is 2.19. The molecule has 19 heavy (non-hydrogen) atoms. The van der Waals surface area contributed by atoms with E-state index in [0.717, 1.165) is 0 Å². The van der Waals surface area contributed by atoms with Gasteiger partial charge in [0.15, 0.2) is 0 Å². The lowest BCUT2D eigenvalue weighted by molar-refractivity contribution is 0.209. The number of nitrogens with one attached hydrogen (secondary N) is 1. The SMILES string of the molecule is Cc1[nH]ncc1S(=O)(=O)N1CCN(CC(N)=S)CC1. The molecule has 1 fully saturated rings. The Labute approximate surface area is 117 Å². The average molecular weight is 303 g/mol. The molecule has 106 valence electrons. The maximum absolute atomic E-state index is 12.4. The van der Waals surface area contributed by atoms with Gasteiger partial charge in [-0.15, -0.1) is 0 Å².